The fourth-order valence-corrected chi connectivity index (χ4v) is 2.37. The van der Waals surface area contributed by atoms with Gasteiger partial charge in [0.05, 0.1) is 5.69 Å². The first-order chi connectivity index (χ1) is 9.86. The van der Waals surface area contributed by atoms with E-state index in [0.29, 0.717) is 18.2 Å². The molecular weight excluding hydrogens is 270 g/mol. The second-order valence-corrected chi connectivity index (χ2v) is 5.46. The molecule has 0 spiro atoms. The lowest BCUT2D eigenvalue weighted by Crippen LogP contribution is -2.11. The molecule has 0 saturated carbocycles. The van der Waals surface area contributed by atoms with Crippen LogP contribution in [0.2, 0.25) is 0 Å². The van der Waals surface area contributed by atoms with Crippen LogP contribution < -0.4 is 0 Å². The number of hydrogen-bond donors (Lipinski definition) is 1. The Balaban J connectivity index is 2.64. The molecule has 0 aliphatic carbocycles. The molecule has 1 unspecified atom stereocenters. The van der Waals surface area contributed by atoms with Gasteiger partial charge in [-0.25, -0.2) is 9.48 Å². The van der Waals surface area contributed by atoms with E-state index in [9.17, 15) is 9.90 Å². The maximum atomic E-state index is 11.5. The van der Waals surface area contributed by atoms with Crippen LogP contribution in [0, 0.1) is 19.8 Å². The van der Waals surface area contributed by atoms with E-state index in [0.717, 1.165) is 23.4 Å². The maximum Gasteiger partial charge on any atom is 0.358 e. The topological polar surface area (TPSA) is 85.8 Å². The third-order valence-electron chi connectivity index (χ3n) is 3.87. The molecule has 21 heavy (non-hydrogen) atoms. The fourth-order valence-electron chi connectivity index (χ4n) is 2.37. The van der Waals surface area contributed by atoms with Gasteiger partial charge < -0.3 is 5.11 Å². The summed E-state index contributed by atoms with van der Waals surface area (Å²) in [4.78, 5) is 11.5. The van der Waals surface area contributed by atoms with Crippen LogP contribution >= 0.6 is 0 Å². The SMILES string of the molecule is CCC(C)Cn1nnc(C(=O)O)c1-c1c(C)nn(C)c1C. The minimum atomic E-state index is -1.07. The van der Waals surface area contributed by atoms with E-state index in [-0.39, 0.29) is 5.69 Å². The first-order valence-corrected chi connectivity index (χ1v) is 7.04. The number of carboxylic acids is 1. The van der Waals surface area contributed by atoms with Gasteiger partial charge in [0.2, 0.25) is 0 Å². The lowest BCUT2D eigenvalue weighted by Gasteiger charge is -2.11. The highest BCUT2D eigenvalue weighted by Crippen LogP contribution is 2.29. The van der Waals surface area contributed by atoms with E-state index in [1.807, 2.05) is 20.9 Å². The molecule has 0 saturated heterocycles. The zero-order chi connectivity index (χ0) is 15.7. The van der Waals surface area contributed by atoms with Crippen molar-refractivity contribution in [2.75, 3.05) is 0 Å². The van der Waals surface area contributed by atoms with E-state index in [2.05, 4.69) is 29.3 Å². The second kappa shape index (κ2) is 5.67. The molecule has 0 aliphatic heterocycles. The van der Waals surface area contributed by atoms with Crippen molar-refractivity contribution in [2.45, 2.75) is 40.7 Å². The van der Waals surface area contributed by atoms with Crippen LogP contribution in [-0.2, 0) is 13.6 Å². The number of carboxylic acid groups (broad SMARTS) is 1. The number of rotatable bonds is 5. The van der Waals surface area contributed by atoms with Crippen LogP contribution in [0.4, 0.5) is 0 Å². The summed E-state index contributed by atoms with van der Waals surface area (Å²) in [6.07, 6.45) is 0.993. The van der Waals surface area contributed by atoms with Crippen molar-refractivity contribution in [2.24, 2.45) is 13.0 Å². The third-order valence-corrected chi connectivity index (χ3v) is 3.87. The van der Waals surface area contributed by atoms with Crippen molar-refractivity contribution in [3.05, 3.63) is 17.1 Å². The van der Waals surface area contributed by atoms with Gasteiger partial charge in [-0.3, -0.25) is 4.68 Å². The summed E-state index contributed by atoms with van der Waals surface area (Å²) in [5, 5.41) is 21.6. The van der Waals surface area contributed by atoms with Crippen LogP contribution in [0.3, 0.4) is 0 Å². The Kier molecular flexibility index (Phi) is 4.11. The van der Waals surface area contributed by atoms with Crippen LogP contribution in [0.15, 0.2) is 0 Å². The third kappa shape index (κ3) is 2.68. The molecule has 0 amide bonds. The van der Waals surface area contributed by atoms with E-state index in [1.165, 1.54) is 0 Å². The predicted molar refractivity (Wildman–Crippen MR) is 78.1 cm³/mol. The molecule has 114 valence electrons. The number of aromatic carboxylic acids is 1. The number of nitrogens with zero attached hydrogens (tertiary/aromatic N) is 5. The smallest absolute Gasteiger partial charge is 0.358 e. The van der Waals surface area contributed by atoms with Gasteiger partial charge in [-0.15, -0.1) is 5.10 Å². The summed E-state index contributed by atoms with van der Waals surface area (Å²) in [7, 11) is 1.84. The van der Waals surface area contributed by atoms with Gasteiger partial charge in [0.25, 0.3) is 0 Å². The normalized spacial score (nSPS) is 12.6. The second-order valence-electron chi connectivity index (χ2n) is 5.46. The molecule has 1 atom stereocenters. The first kappa shape index (κ1) is 15.2. The molecule has 0 aromatic carbocycles. The Morgan fingerprint density at radius 2 is 2.05 bits per heavy atom. The summed E-state index contributed by atoms with van der Waals surface area (Å²) < 4.78 is 3.44. The molecule has 1 N–H and O–H groups in total. The maximum absolute atomic E-state index is 11.5. The monoisotopic (exact) mass is 291 g/mol. The molecule has 7 heteroatoms. The molecule has 0 radical (unpaired) electrons. The predicted octanol–water partition coefficient (Wildman–Crippen LogP) is 2.04. The molecule has 2 aromatic rings. The average Bonchev–Trinajstić information content (AvgIpc) is 2.92. The van der Waals surface area contributed by atoms with Crippen LogP contribution in [-0.4, -0.2) is 35.9 Å². The summed E-state index contributed by atoms with van der Waals surface area (Å²) in [5.74, 6) is -0.674. The number of hydrogen-bond acceptors (Lipinski definition) is 4. The van der Waals surface area contributed by atoms with Gasteiger partial charge in [-0.05, 0) is 19.8 Å². The zero-order valence-corrected chi connectivity index (χ0v) is 13.1. The van der Waals surface area contributed by atoms with Gasteiger partial charge >= 0.3 is 5.97 Å². The zero-order valence-electron chi connectivity index (χ0n) is 13.1. The number of aromatic nitrogens is 5. The van der Waals surface area contributed by atoms with Gasteiger partial charge in [0.15, 0.2) is 5.69 Å². The molecule has 2 heterocycles. The van der Waals surface area contributed by atoms with Crippen LogP contribution in [0.1, 0.15) is 42.1 Å². The van der Waals surface area contributed by atoms with Crippen molar-refractivity contribution in [3.63, 3.8) is 0 Å². The summed E-state index contributed by atoms with van der Waals surface area (Å²) >= 11 is 0. The van der Waals surface area contributed by atoms with Crippen molar-refractivity contribution in [1.82, 2.24) is 24.8 Å². The Morgan fingerprint density at radius 3 is 2.52 bits per heavy atom. The van der Waals surface area contributed by atoms with Gasteiger partial charge in [0.1, 0.15) is 5.69 Å². The Labute approximate surface area is 123 Å². The van der Waals surface area contributed by atoms with Gasteiger partial charge in [0, 0.05) is 24.8 Å². The molecule has 2 rings (SSSR count). The van der Waals surface area contributed by atoms with E-state index in [4.69, 9.17) is 0 Å². The van der Waals surface area contributed by atoms with E-state index < -0.39 is 5.97 Å². The van der Waals surface area contributed by atoms with E-state index >= 15 is 0 Å². The summed E-state index contributed by atoms with van der Waals surface area (Å²) in [6, 6.07) is 0. The minimum absolute atomic E-state index is 0.0162. The Morgan fingerprint density at radius 1 is 1.38 bits per heavy atom. The highest BCUT2D eigenvalue weighted by atomic mass is 16.4. The average molecular weight is 291 g/mol. The Hall–Kier alpha value is -2.18. The minimum Gasteiger partial charge on any atom is -0.476 e. The molecule has 7 nitrogen and oxygen atoms in total. The standard InChI is InChI=1S/C14H21N5O2/c1-6-8(2)7-19-13(12(14(20)21)15-17-19)11-9(3)16-18(5)10(11)4/h8H,6-7H2,1-5H3,(H,20,21). The molecule has 0 aliphatic rings. The summed E-state index contributed by atoms with van der Waals surface area (Å²) in [5.41, 5.74) is 3.03. The fraction of sp³-hybridized carbons (Fsp3) is 0.571. The van der Waals surface area contributed by atoms with Crippen LogP contribution in [0.25, 0.3) is 11.3 Å². The summed E-state index contributed by atoms with van der Waals surface area (Å²) in [6.45, 7) is 8.63. The molecule has 0 fully saturated rings. The lowest BCUT2D eigenvalue weighted by molar-refractivity contribution is 0.0691. The van der Waals surface area contributed by atoms with Crippen molar-refractivity contribution in [3.8, 4) is 11.3 Å². The first-order valence-electron chi connectivity index (χ1n) is 7.04. The van der Waals surface area contributed by atoms with E-state index in [1.54, 1.807) is 9.36 Å². The number of carbonyl (C=O) groups is 1. The van der Waals surface area contributed by atoms with Crippen molar-refractivity contribution in [1.29, 1.82) is 0 Å². The Bertz CT molecular complexity index is 671. The van der Waals surface area contributed by atoms with Gasteiger partial charge in [-0.2, -0.15) is 5.10 Å². The van der Waals surface area contributed by atoms with Crippen molar-refractivity contribution < 1.29 is 9.90 Å². The lowest BCUT2D eigenvalue weighted by atomic mass is 10.1. The highest BCUT2D eigenvalue weighted by Gasteiger charge is 2.26. The highest BCUT2D eigenvalue weighted by molar-refractivity contribution is 5.93. The number of aryl methyl sites for hydroxylation is 2. The van der Waals surface area contributed by atoms with Crippen molar-refractivity contribution >= 4 is 5.97 Å². The molecular formula is C14H21N5O2. The molecule has 2 aromatic heterocycles. The molecule has 0 bridgehead atoms. The van der Waals surface area contributed by atoms with Gasteiger partial charge in [-0.1, -0.05) is 25.5 Å². The van der Waals surface area contributed by atoms with Crippen LogP contribution in [0.5, 0.6) is 0 Å². The quantitative estimate of drug-likeness (QED) is 0.911. The largest absolute Gasteiger partial charge is 0.476 e.